The number of carboxylic acid groups (broad SMARTS) is 1. The van der Waals surface area contributed by atoms with E-state index in [9.17, 15) is 4.79 Å². The van der Waals surface area contributed by atoms with E-state index in [1.165, 1.54) is 0 Å². The monoisotopic (exact) mass is 182 g/mol. The summed E-state index contributed by atoms with van der Waals surface area (Å²) in [5, 5.41) is 7.66. The molecule has 0 spiro atoms. The molecule has 0 aliphatic heterocycles. The van der Waals surface area contributed by atoms with Crippen molar-refractivity contribution in [3.05, 3.63) is 13.2 Å². The fourth-order valence-electron chi connectivity index (χ4n) is 0.0467. The quantitative estimate of drug-likeness (QED) is 0.383. The van der Waals surface area contributed by atoms with E-state index in [1.54, 1.807) is 0 Å². The number of rotatable bonds is 1. The molecule has 0 saturated carbocycles. The van der Waals surface area contributed by atoms with Gasteiger partial charge in [-0.1, -0.05) is 0 Å². The fourth-order valence-corrected chi connectivity index (χ4v) is 0.243. The number of carbonyl (C=O) groups is 1. The number of halogens is 1. The van der Waals surface area contributed by atoms with E-state index >= 15 is 0 Å². The predicted molar refractivity (Wildman–Crippen MR) is 34.2 cm³/mol. The molecule has 0 bridgehead atoms. The summed E-state index contributed by atoms with van der Waals surface area (Å²) in [5.41, 5.74) is 0.0440. The largest absolute Gasteiger partial charge is 0.506 e. The van der Waals surface area contributed by atoms with Crippen molar-refractivity contribution >= 4 is 22.1 Å². The molecule has 0 unspecified atom stereocenters. The zero-order chi connectivity index (χ0) is 6.99. The Morgan fingerprint density at radius 3 is 2.12 bits per heavy atom. The van der Waals surface area contributed by atoms with Crippen LogP contribution in [0.1, 0.15) is 0 Å². The van der Waals surface area contributed by atoms with Crippen molar-refractivity contribution in [2.45, 2.75) is 0 Å². The minimum absolute atomic E-state index is 0.0440. The summed E-state index contributed by atoms with van der Waals surface area (Å²) in [7, 11) is 0. The zero-order valence-corrected chi connectivity index (χ0v) is 5.85. The Morgan fingerprint density at radius 1 is 1.75 bits per heavy atom. The molecule has 48 valence electrons. The molecule has 0 aliphatic carbocycles. The Labute approximate surface area is 56.1 Å². The molecule has 0 aliphatic rings. The van der Waals surface area contributed by atoms with Gasteiger partial charge in [0.25, 0.3) is 0 Å². The van der Waals surface area contributed by atoms with Crippen molar-refractivity contribution < 1.29 is 14.6 Å². The molecule has 0 aromatic rings. The second-order valence-corrected chi connectivity index (χ2v) is 0.977. The molecule has 0 heterocycles. The van der Waals surface area contributed by atoms with Gasteiger partial charge in [0, 0.05) is 0 Å². The lowest BCUT2D eigenvalue weighted by molar-refractivity contribution is 0.110. The van der Waals surface area contributed by atoms with Crippen LogP contribution in [-0.2, 0) is 4.74 Å². The maximum Gasteiger partial charge on any atom is 0.506 e. The lowest BCUT2D eigenvalue weighted by atomic mass is 11.3. The summed E-state index contributed by atoms with van der Waals surface area (Å²) in [5.74, 6) is 0. The molecule has 0 atom stereocenters. The topological polar surface area (TPSA) is 46.5 Å². The third-order valence-corrected chi connectivity index (χ3v) is 0.407. The van der Waals surface area contributed by atoms with Gasteiger partial charge in [0.05, 0.1) is 0 Å². The van der Waals surface area contributed by atoms with Crippen LogP contribution in [0.2, 0.25) is 0 Å². The predicted octanol–water partition coefficient (Wildman–Crippen LogP) is 1.84. The minimum Gasteiger partial charge on any atom is -0.450 e. The second kappa shape index (κ2) is 9.70. The summed E-state index contributed by atoms with van der Waals surface area (Å²) in [4.78, 5) is 9.35. The molecule has 8 heavy (non-hydrogen) atoms. The molecule has 0 aromatic heterocycles. The summed E-state index contributed by atoms with van der Waals surface area (Å²) in [6.07, 6.45) is -1.26. The smallest absolute Gasteiger partial charge is 0.450 e. The van der Waals surface area contributed by atoms with Crippen LogP contribution in [0.15, 0.2) is 13.2 Å². The first-order chi connectivity index (χ1) is 3.77. The molecule has 4 heteroatoms. The van der Waals surface area contributed by atoms with Crippen LogP contribution >= 0.6 is 15.9 Å². The number of hydrogen-bond acceptors (Lipinski definition) is 2. The van der Waals surface area contributed by atoms with E-state index in [0.29, 0.717) is 0 Å². The van der Waals surface area contributed by atoms with E-state index in [1.807, 2.05) is 0 Å². The summed E-state index contributed by atoms with van der Waals surface area (Å²) >= 11 is 2.75. The van der Waals surface area contributed by atoms with Crippen molar-refractivity contribution in [3.63, 3.8) is 0 Å². The van der Waals surface area contributed by atoms with Gasteiger partial charge in [0.15, 0.2) is 0 Å². The first kappa shape index (κ1) is 10.5. The summed E-state index contributed by atoms with van der Waals surface area (Å²) in [6, 6.07) is 0. The van der Waals surface area contributed by atoms with Crippen molar-refractivity contribution in [2.24, 2.45) is 0 Å². The molecular formula is C4H7BrO3. The first-order valence-electron chi connectivity index (χ1n) is 1.69. The zero-order valence-electron chi connectivity index (χ0n) is 4.26. The standard InChI is InChI=1S/C2H3BrO3.C2H4/c3-1-6-2(4)5;1-2/h1H2,(H,4,5);1-2H2. The van der Waals surface area contributed by atoms with Gasteiger partial charge in [-0.2, -0.15) is 0 Å². The lowest BCUT2D eigenvalue weighted by Gasteiger charge is -1.85. The van der Waals surface area contributed by atoms with Crippen LogP contribution < -0.4 is 0 Å². The Bertz CT molecular complexity index is 64.3. The van der Waals surface area contributed by atoms with Crippen LogP contribution in [0, 0.1) is 0 Å². The molecule has 0 radical (unpaired) electrons. The fraction of sp³-hybridized carbons (Fsp3) is 0.250. The third kappa shape index (κ3) is 17.9. The van der Waals surface area contributed by atoms with Crippen molar-refractivity contribution in [1.82, 2.24) is 0 Å². The molecule has 0 amide bonds. The van der Waals surface area contributed by atoms with Crippen LogP contribution in [0.5, 0.6) is 0 Å². The molecule has 0 saturated heterocycles. The van der Waals surface area contributed by atoms with Crippen molar-refractivity contribution in [1.29, 1.82) is 0 Å². The molecule has 0 fully saturated rings. The second-order valence-electron chi connectivity index (χ2n) is 0.519. The van der Waals surface area contributed by atoms with Crippen molar-refractivity contribution in [3.8, 4) is 0 Å². The van der Waals surface area contributed by atoms with Crippen molar-refractivity contribution in [2.75, 3.05) is 5.52 Å². The highest BCUT2D eigenvalue weighted by atomic mass is 79.9. The number of hydrogen-bond donors (Lipinski definition) is 1. The Kier molecular flexibility index (Phi) is 12.7. The van der Waals surface area contributed by atoms with Gasteiger partial charge in [-0.05, 0) is 15.9 Å². The van der Waals surface area contributed by atoms with Gasteiger partial charge in [0.2, 0.25) is 0 Å². The lowest BCUT2D eigenvalue weighted by Crippen LogP contribution is -1.95. The first-order valence-corrected chi connectivity index (χ1v) is 2.81. The van der Waals surface area contributed by atoms with E-state index in [-0.39, 0.29) is 5.52 Å². The van der Waals surface area contributed by atoms with Crippen LogP contribution in [-0.4, -0.2) is 16.8 Å². The van der Waals surface area contributed by atoms with Crippen LogP contribution in [0.3, 0.4) is 0 Å². The SMILES string of the molecule is C=C.O=C(O)OCBr. The van der Waals surface area contributed by atoms with E-state index < -0.39 is 6.16 Å². The Hall–Kier alpha value is -0.510. The minimum atomic E-state index is -1.26. The van der Waals surface area contributed by atoms with Gasteiger partial charge in [-0.25, -0.2) is 4.79 Å². The number of ether oxygens (including phenoxy) is 1. The van der Waals surface area contributed by atoms with Gasteiger partial charge < -0.3 is 9.84 Å². The van der Waals surface area contributed by atoms with Crippen LogP contribution in [0.25, 0.3) is 0 Å². The average molecular weight is 183 g/mol. The highest BCUT2D eigenvalue weighted by Crippen LogP contribution is 1.80. The average Bonchev–Trinajstić information content (AvgIpc) is 1.72. The van der Waals surface area contributed by atoms with Crippen LogP contribution in [0.4, 0.5) is 4.79 Å². The van der Waals surface area contributed by atoms with Gasteiger partial charge in [0.1, 0.15) is 5.52 Å². The molecule has 3 nitrogen and oxygen atoms in total. The normalized spacial score (nSPS) is 6.12. The molecule has 1 N–H and O–H groups in total. The van der Waals surface area contributed by atoms with Gasteiger partial charge in [-0.15, -0.1) is 13.2 Å². The summed E-state index contributed by atoms with van der Waals surface area (Å²) < 4.78 is 3.88. The van der Waals surface area contributed by atoms with Gasteiger partial charge in [-0.3, -0.25) is 0 Å². The van der Waals surface area contributed by atoms with Gasteiger partial charge >= 0.3 is 6.16 Å². The van der Waals surface area contributed by atoms with E-state index in [0.717, 1.165) is 0 Å². The maximum atomic E-state index is 9.35. The van der Waals surface area contributed by atoms with E-state index in [2.05, 4.69) is 33.8 Å². The molecule has 0 aromatic carbocycles. The Morgan fingerprint density at radius 2 is 2.12 bits per heavy atom. The summed E-state index contributed by atoms with van der Waals surface area (Å²) in [6.45, 7) is 6.00. The maximum absolute atomic E-state index is 9.35. The third-order valence-electron chi connectivity index (χ3n) is 0.178. The molecule has 0 rings (SSSR count). The van der Waals surface area contributed by atoms with E-state index in [4.69, 9.17) is 5.11 Å². The number of alkyl halides is 1. The Balaban J connectivity index is 0. The molecular weight excluding hydrogens is 176 g/mol. The highest BCUT2D eigenvalue weighted by Gasteiger charge is 1.87. The highest BCUT2D eigenvalue weighted by molar-refractivity contribution is 9.09.